The standard InChI is InChI=1S/C18H27NO/c1-3-19-12-16-5-4-13(2)10-17(16)14-6-7-18-15(11-14)8-9-20-18/h6-7,11,13,16-17,19H,3-5,8-10,12H2,1-2H3. The lowest BCUT2D eigenvalue weighted by Crippen LogP contribution is -2.31. The third-order valence-corrected chi connectivity index (χ3v) is 5.05. The molecule has 2 heteroatoms. The number of fused-ring (bicyclic) bond motifs is 1. The van der Waals surface area contributed by atoms with Crippen molar-refractivity contribution in [2.75, 3.05) is 19.7 Å². The second-order valence-electron chi connectivity index (χ2n) is 6.56. The molecule has 1 aromatic carbocycles. The summed E-state index contributed by atoms with van der Waals surface area (Å²) in [6, 6.07) is 6.93. The third-order valence-electron chi connectivity index (χ3n) is 5.05. The van der Waals surface area contributed by atoms with Crippen LogP contribution >= 0.6 is 0 Å². The van der Waals surface area contributed by atoms with Crippen molar-refractivity contribution in [3.05, 3.63) is 29.3 Å². The molecular formula is C18H27NO. The second-order valence-corrected chi connectivity index (χ2v) is 6.56. The zero-order valence-corrected chi connectivity index (χ0v) is 12.8. The Labute approximate surface area is 122 Å². The van der Waals surface area contributed by atoms with E-state index in [1.54, 1.807) is 5.56 Å². The van der Waals surface area contributed by atoms with Crippen LogP contribution in [0.4, 0.5) is 0 Å². The smallest absolute Gasteiger partial charge is 0.122 e. The molecule has 1 heterocycles. The average molecular weight is 273 g/mol. The Morgan fingerprint density at radius 2 is 2.20 bits per heavy atom. The van der Waals surface area contributed by atoms with E-state index in [0.29, 0.717) is 0 Å². The van der Waals surface area contributed by atoms with Crippen LogP contribution in [0, 0.1) is 11.8 Å². The molecule has 1 aromatic rings. The molecular weight excluding hydrogens is 246 g/mol. The van der Waals surface area contributed by atoms with Gasteiger partial charge in [0.1, 0.15) is 5.75 Å². The number of benzene rings is 1. The lowest BCUT2D eigenvalue weighted by atomic mass is 9.71. The molecule has 1 N–H and O–H groups in total. The maximum Gasteiger partial charge on any atom is 0.122 e. The van der Waals surface area contributed by atoms with Crippen LogP contribution in [0.15, 0.2) is 18.2 Å². The number of ether oxygens (including phenoxy) is 1. The van der Waals surface area contributed by atoms with Crippen LogP contribution in [-0.2, 0) is 6.42 Å². The van der Waals surface area contributed by atoms with Crippen LogP contribution in [0.3, 0.4) is 0 Å². The van der Waals surface area contributed by atoms with Gasteiger partial charge in [-0.2, -0.15) is 0 Å². The maximum absolute atomic E-state index is 5.64. The monoisotopic (exact) mass is 273 g/mol. The molecule has 0 bridgehead atoms. The summed E-state index contributed by atoms with van der Waals surface area (Å²) in [5.74, 6) is 3.50. The molecule has 0 aromatic heterocycles. The molecule has 0 spiro atoms. The lowest BCUT2D eigenvalue weighted by molar-refractivity contribution is 0.242. The number of hydrogen-bond donors (Lipinski definition) is 1. The Kier molecular flexibility index (Phi) is 4.30. The fraction of sp³-hybridized carbons (Fsp3) is 0.667. The topological polar surface area (TPSA) is 21.3 Å². The zero-order chi connectivity index (χ0) is 13.9. The van der Waals surface area contributed by atoms with Gasteiger partial charge in [0, 0.05) is 6.42 Å². The highest BCUT2D eigenvalue weighted by atomic mass is 16.5. The van der Waals surface area contributed by atoms with Gasteiger partial charge in [0.05, 0.1) is 6.61 Å². The van der Waals surface area contributed by atoms with Crippen LogP contribution in [-0.4, -0.2) is 19.7 Å². The normalized spacial score (nSPS) is 29.0. The molecule has 3 rings (SSSR count). The summed E-state index contributed by atoms with van der Waals surface area (Å²) in [5, 5.41) is 3.56. The quantitative estimate of drug-likeness (QED) is 0.902. The van der Waals surface area contributed by atoms with Crippen molar-refractivity contribution in [2.45, 2.75) is 45.4 Å². The van der Waals surface area contributed by atoms with Gasteiger partial charge in [0.25, 0.3) is 0 Å². The van der Waals surface area contributed by atoms with Crippen LogP contribution in [0.2, 0.25) is 0 Å². The van der Waals surface area contributed by atoms with Gasteiger partial charge in [0.2, 0.25) is 0 Å². The first-order valence-electron chi connectivity index (χ1n) is 8.24. The molecule has 20 heavy (non-hydrogen) atoms. The van der Waals surface area contributed by atoms with E-state index in [1.165, 1.54) is 31.4 Å². The van der Waals surface area contributed by atoms with Gasteiger partial charge in [-0.05, 0) is 60.9 Å². The summed E-state index contributed by atoms with van der Waals surface area (Å²) < 4.78 is 5.64. The molecule has 1 aliphatic carbocycles. The van der Waals surface area contributed by atoms with Crippen LogP contribution in [0.25, 0.3) is 0 Å². The van der Waals surface area contributed by atoms with Gasteiger partial charge in [-0.25, -0.2) is 0 Å². The minimum atomic E-state index is 0.726. The molecule has 2 aliphatic rings. The Morgan fingerprint density at radius 3 is 3.05 bits per heavy atom. The Morgan fingerprint density at radius 1 is 1.30 bits per heavy atom. The summed E-state index contributed by atoms with van der Waals surface area (Å²) in [5.41, 5.74) is 2.96. The van der Waals surface area contributed by atoms with Gasteiger partial charge in [-0.3, -0.25) is 0 Å². The molecule has 0 radical (unpaired) electrons. The van der Waals surface area contributed by atoms with Gasteiger partial charge >= 0.3 is 0 Å². The van der Waals surface area contributed by atoms with E-state index in [2.05, 4.69) is 37.4 Å². The highest BCUT2D eigenvalue weighted by Gasteiger charge is 2.30. The predicted octanol–water partition coefficient (Wildman–Crippen LogP) is 3.75. The highest BCUT2D eigenvalue weighted by Crippen LogP contribution is 2.41. The first-order chi connectivity index (χ1) is 9.78. The summed E-state index contributed by atoms with van der Waals surface area (Å²) in [6.07, 6.45) is 5.19. The first kappa shape index (κ1) is 13.9. The number of hydrogen-bond acceptors (Lipinski definition) is 2. The lowest BCUT2D eigenvalue weighted by Gasteiger charge is -2.35. The first-order valence-corrected chi connectivity index (χ1v) is 8.24. The van der Waals surface area contributed by atoms with Crippen molar-refractivity contribution >= 4 is 0 Å². The Hall–Kier alpha value is -1.02. The number of nitrogens with one attached hydrogen (secondary N) is 1. The van der Waals surface area contributed by atoms with Crippen LogP contribution < -0.4 is 10.1 Å². The largest absolute Gasteiger partial charge is 0.493 e. The predicted molar refractivity (Wildman–Crippen MR) is 83.4 cm³/mol. The zero-order valence-electron chi connectivity index (χ0n) is 12.8. The van der Waals surface area contributed by atoms with E-state index in [-0.39, 0.29) is 0 Å². The van der Waals surface area contributed by atoms with Crippen molar-refractivity contribution in [1.82, 2.24) is 5.32 Å². The third kappa shape index (κ3) is 2.85. The Balaban J connectivity index is 1.80. The van der Waals surface area contributed by atoms with E-state index in [4.69, 9.17) is 4.74 Å². The molecule has 1 fully saturated rings. The maximum atomic E-state index is 5.64. The highest BCUT2D eigenvalue weighted by molar-refractivity contribution is 5.41. The van der Waals surface area contributed by atoms with Crippen molar-refractivity contribution in [2.24, 2.45) is 11.8 Å². The molecule has 3 unspecified atom stereocenters. The number of rotatable bonds is 4. The van der Waals surface area contributed by atoms with E-state index in [1.807, 2.05) is 0 Å². The van der Waals surface area contributed by atoms with E-state index in [9.17, 15) is 0 Å². The van der Waals surface area contributed by atoms with Crippen molar-refractivity contribution in [3.8, 4) is 5.75 Å². The second kappa shape index (κ2) is 6.17. The van der Waals surface area contributed by atoms with E-state index in [0.717, 1.165) is 43.1 Å². The average Bonchev–Trinajstić information content (AvgIpc) is 2.93. The van der Waals surface area contributed by atoms with Gasteiger partial charge in [0.15, 0.2) is 0 Å². The fourth-order valence-corrected chi connectivity index (χ4v) is 3.86. The van der Waals surface area contributed by atoms with Crippen molar-refractivity contribution < 1.29 is 4.74 Å². The van der Waals surface area contributed by atoms with Crippen molar-refractivity contribution in [1.29, 1.82) is 0 Å². The van der Waals surface area contributed by atoms with Crippen molar-refractivity contribution in [3.63, 3.8) is 0 Å². The summed E-state index contributed by atoms with van der Waals surface area (Å²) in [4.78, 5) is 0. The van der Waals surface area contributed by atoms with Crippen LogP contribution in [0.5, 0.6) is 5.75 Å². The van der Waals surface area contributed by atoms with E-state index < -0.39 is 0 Å². The molecule has 0 saturated heterocycles. The van der Waals surface area contributed by atoms with Gasteiger partial charge in [-0.1, -0.05) is 32.4 Å². The fourth-order valence-electron chi connectivity index (χ4n) is 3.86. The van der Waals surface area contributed by atoms with Gasteiger partial charge in [-0.15, -0.1) is 0 Å². The van der Waals surface area contributed by atoms with Crippen LogP contribution in [0.1, 0.15) is 50.2 Å². The minimum Gasteiger partial charge on any atom is -0.493 e. The minimum absolute atomic E-state index is 0.726. The summed E-state index contributed by atoms with van der Waals surface area (Å²) >= 11 is 0. The molecule has 110 valence electrons. The van der Waals surface area contributed by atoms with Gasteiger partial charge < -0.3 is 10.1 Å². The molecule has 0 amide bonds. The summed E-state index contributed by atoms with van der Waals surface area (Å²) in [6.45, 7) is 7.72. The SMILES string of the molecule is CCNCC1CCC(C)CC1c1ccc2c(c1)CCO2. The Bertz CT molecular complexity index is 455. The van der Waals surface area contributed by atoms with E-state index >= 15 is 0 Å². The molecule has 3 atom stereocenters. The summed E-state index contributed by atoms with van der Waals surface area (Å²) in [7, 11) is 0. The molecule has 2 nitrogen and oxygen atoms in total. The molecule has 1 saturated carbocycles. The molecule has 1 aliphatic heterocycles.